The van der Waals surface area contributed by atoms with Crippen molar-refractivity contribution in [3.63, 3.8) is 0 Å². The fourth-order valence-corrected chi connectivity index (χ4v) is 1.81. The molecule has 1 aliphatic rings. The largest absolute Gasteiger partial charge is 0.462 e. The lowest BCUT2D eigenvalue weighted by atomic mass is 10.1. The number of hydrogen-bond donors (Lipinski definition) is 2. The van der Waals surface area contributed by atoms with Crippen LogP contribution in [0.15, 0.2) is 29.3 Å². The van der Waals surface area contributed by atoms with Gasteiger partial charge in [-0.2, -0.15) is 0 Å². The highest BCUT2D eigenvalue weighted by Gasteiger charge is 2.06. The standard InChI is InChI=1S/C14H19N3O2.HI/c1-2-19-13(18)12-6-4-11(5-7-12)10-17-14-15-8-3-9-16-14;/h4-7H,2-3,8-10H2,1H3,(H2,15,16,17);1H. The van der Waals surface area contributed by atoms with Crippen LogP contribution in [0.3, 0.4) is 0 Å². The van der Waals surface area contributed by atoms with Gasteiger partial charge < -0.3 is 15.4 Å². The molecule has 2 N–H and O–H groups in total. The summed E-state index contributed by atoms with van der Waals surface area (Å²) in [6.45, 7) is 4.72. The van der Waals surface area contributed by atoms with Gasteiger partial charge in [-0.1, -0.05) is 12.1 Å². The quantitative estimate of drug-likeness (QED) is 0.610. The smallest absolute Gasteiger partial charge is 0.338 e. The average Bonchev–Trinajstić information content (AvgIpc) is 2.47. The summed E-state index contributed by atoms with van der Waals surface area (Å²) >= 11 is 0. The SMILES string of the molecule is CCOC(=O)c1ccc(CNC2=NCCCN2)cc1.I. The van der Waals surface area contributed by atoms with Gasteiger partial charge in [-0.25, -0.2) is 4.79 Å². The van der Waals surface area contributed by atoms with Crippen molar-refractivity contribution in [2.45, 2.75) is 19.9 Å². The van der Waals surface area contributed by atoms with E-state index in [0.29, 0.717) is 18.7 Å². The van der Waals surface area contributed by atoms with Crippen LogP contribution >= 0.6 is 24.0 Å². The average molecular weight is 389 g/mol. The van der Waals surface area contributed by atoms with E-state index in [2.05, 4.69) is 15.6 Å². The van der Waals surface area contributed by atoms with Gasteiger partial charge in [-0.3, -0.25) is 4.99 Å². The fourth-order valence-electron chi connectivity index (χ4n) is 1.81. The van der Waals surface area contributed by atoms with Gasteiger partial charge in [0.15, 0.2) is 5.96 Å². The summed E-state index contributed by atoms with van der Waals surface area (Å²) in [5, 5.41) is 6.43. The third kappa shape index (κ3) is 4.99. The van der Waals surface area contributed by atoms with Crippen LogP contribution in [0.5, 0.6) is 0 Å². The lowest BCUT2D eigenvalue weighted by Crippen LogP contribution is -2.40. The van der Waals surface area contributed by atoms with Crippen LogP contribution in [-0.4, -0.2) is 31.6 Å². The Labute approximate surface area is 136 Å². The molecule has 0 bridgehead atoms. The molecule has 1 aromatic carbocycles. The van der Waals surface area contributed by atoms with Gasteiger partial charge in [0.1, 0.15) is 0 Å². The molecule has 2 rings (SSSR count). The molecule has 20 heavy (non-hydrogen) atoms. The Kier molecular flexibility index (Phi) is 7.35. The van der Waals surface area contributed by atoms with E-state index < -0.39 is 0 Å². The minimum atomic E-state index is -0.277. The predicted octanol–water partition coefficient (Wildman–Crippen LogP) is 1.92. The van der Waals surface area contributed by atoms with E-state index in [1.54, 1.807) is 19.1 Å². The summed E-state index contributed by atoms with van der Waals surface area (Å²) in [5.74, 6) is 0.570. The van der Waals surface area contributed by atoms with Crippen molar-refractivity contribution in [2.75, 3.05) is 19.7 Å². The number of aliphatic imine (C=N–C) groups is 1. The van der Waals surface area contributed by atoms with Gasteiger partial charge in [-0.15, -0.1) is 24.0 Å². The maximum absolute atomic E-state index is 11.5. The van der Waals surface area contributed by atoms with Crippen LogP contribution in [0.2, 0.25) is 0 Å². The van der Waals surface area contributed by atoms with E-state index >= 15 is 0 Å². The summed E-state index contributed by atoms with van der Waals surface area (Å²) in [6.07, 6.45) is 1.08. The fraction of sp³-hybridized carbons (Fsp3) is 0.429. The Hall–Kier alpha value is -1.31. The molecule has 0 unspecified atom stereocenters. The number of benzene rings is 1. The second kappa shape index (κ2) is 8.78. The third-order valence-electron chi connectivity index (χ3n) is 2.82. The van der Waals surface area contributed by atoms with Crippen molar-refractivity contribution in [1.29, 1.82) is 0 Å². The minimum Gasteiger partial charge on any atom is -0.462 e. The molecule has 1 aromatic rings. The number of halogens is 1. The normalized spacial score (nSPS) is 13.6. The second-order valence-corrected chi connectivity index (χ2v) is 4.28. The van der Waals surface area contributed by atoms with Gasteiger partial charge in [0, 0.05) is 19.6 Å². The molecule has 0 spiro atoms. The minimum absolute atomic E-state index is 0. The first kappa shape index (κ1) is 16.7. The molecule has 0 atom stereocenters. The molecule has 0 saturated heterocycles. The van der Waals surface area contributed by atoms with Crippen molar-refractivity contribution >= 4 is 35.9 Å². The lowest BCUT2D eigenvalue weighted by Gasteiger charge is -2.16. The van der Waals surface area contributed by atoms with Crippen LogP contribution in [0.4, 0.5) is 0 Å². The number of hydrogen-bond acceptors (Lipinski definition) is 5. The summed E-state index contributed by atoms with van der Waals surface area (Å²) in [6, 6.07) is 7.40. The maximum Gasteiger partial charge on any atom is 0.338 e. The zero-order valence-corrected chi connectivity index (χ0v) is 13.8. The van der Waals surface area contributed by atoms with Gasteiger partial charge in [0.25, 0.3) is 0 Å². The Bertz CT molecular complexity index is 460. The number of nitrogens with one attached hydrogen (secondary N) is 2. The maximum atomic E-state index is 11.5. The Morgan fingerprint density at radius 2 is 2.15 bits per heavy atom. The summed E-state index contributed by atoms with van der Waals surface area (Å²) < 4.78 is 4.94. The summed E-state index contributed by atoms with van der Waals surface area (Å²) in [7, 11) is 0. The highest BCUT2D eigenvalue weighted by molar-refractivity contribution is 14.0. The molecule has 0 radical (unpaired) electrons. The lowest BCUT2D eigenvalue weighted by molar-refractivity contribution is 0.0526. The van der Waals surface area contributed by atoms with Gasteiger partial charge in [0.2, 0.25) is 0 Å². The molecule has 110 valence electrons. The third-order valence-corrected chi connectivity index (χ3v) is 2.82. The number of carbonyl (C=O) groups excluding carboxylic acids is 1. The van der Waals surface area contributed by atoms with Crippen LogP contribution < -0.4 is 10.6 Å². The highest BCUT2D eigenvalue weighted by Crippen LogP contribution is 2.06. The molecule has 1 aliphatic heterocycles. The number of guanidine groups is 1. The number of esters is 1. The van der Waals surface area contributed by atoms with Gasteiger partial charge >= 0.3 is 5.97 Å². The highest BCUT2D eigenvalue weighted by atomic mass is 127. The molecule has 5 nitrogen and oxygen atoms in total. The summed E-state index contributed by atoms with van der Waals surface area (Å²) in [5.41, 5.74) is 1.68. The number of carbonyl (C=O) groups is 1. The monoisotopic (exact) mass is 389 g/mol. The molecular weight excluding hydrogens is 369 g/mol. The molecule has 0 fully saturated rings. The van der Waals surface area contributed by atoms with Crippen molar-refractivity contribution < 1.29 is 9.53 Å². The molecule has 6 heteroatoms. The predicted molar refractivity (Wildman–Crippen MR) is 89.6 cm³/mol. The zero-order chi connectivity index (χ0) is 13.5. The van der Waals surface area contributed by atoms with Crippen molar-refractivity contribution in [3.8, 4) is 0 Å². The Balaban J connectivity index is 0.00000200. The molecular formula is C14H20IN3O2. The summed E-state index contributed by atoms with van der Waals surface area (Å²) in [4.78, 5) is 15.8. The Morgan fingerprint density at radius 1 is 1.40 bits per heavy atom. The second-order valence-electron chi connectivity index (χ2n) is 4.28. The first-order chi connectivity index (χ1) is 9.29. The van der Waals surface area contributed by atoms with Crippen LogP contribution in [-0.2, 0) is 11.3 Å². The van der Waals surface area contributed by atoms with E-state index in [4.69, 9.17) is 4.74 Å². The van der Waals surface area contributed by atoms with E-state index in [9.17, 15) is 4.79 Å². The molecule has 0 aliphatic carbocycles. The first-order valence-corrected chi connectivity index (χ1v) is 6.58. The molecule has 0 aromatic heterocycles. The molecule has 0 saturated carbocycles. The van der Waals surface area contributed by atoms with E-state index in [0.717, 1.165) is 31.0 Å². The van der Waals surface area contributed by atoms with Crippen molar-refractivity contribution in [1.82, 2.24) is 10.6 Å². The number of rotatable bonds is 4. The van der Waals surface area contributed by atoms with Crippen LogP contribution in [0.25, 0.3) is 0 Å². The zero-order valence-electron chi connectivity index (χ0n) is 11.5. The number of ether oxygens (including phenoxy) is 1. The van der Waals surface area contributed by atoms with Crippen LogP contribution in [0.1, 0.15) is 29.3 Å². The van der Waals surface area contributed by atoms with Crippen molar-refractivity contribution in [2.24, 2.45) is 4.99 Å². The van der Waals surface area contributed by atoms with Crippen LogP contribution in [0, 0.1) is 0 Å². The topological polar surface area (TPSA) is 62.7 Å². The van der Waals surface area contributed by atoms with Gasteiger partial charge in [0.05, 0.1) is 12.2 Å². The molecule has 1 heterocycles. The van der Waals surface area contributed by atoms with E-state index in [1.807, 2.05) is 12.1 Å². The van der Waals surface area contributed by atoms with Crippen molar-refractivity contribution in [3.05, 3.63) is 35.4 Å². The van der Waals surface area contributed by atoms with E-state index in [1.165, 1.54) is 0 Å². The first-order valence-electron chi connectivity index (χ1n) is 6.58. The van der Waals surface area contributed by atoms with E-state index in [-0.39, 0.29) is 29.9 Å². The Morgan fingerprint density at radius 3 is 2.75 bits per heavy atom. The van der Waals surface area contributed by atoms with Gasteiger partial charge in [-0.05, 0) is 31.0 Å². The number of nitrogens with zero attached hydrogens (tertiary/aromatic N) is 1. The molecule has 0 amide bonds.